The van der Waals surface area contributed by atoms with E-state index in [0.717, 1.165) is 32.3 Å². The van der Waals surface area contributed by atoms with Gasteiger partial charge in [0.1, 0.15) is 11.3 Å². The van der Waals surface area contributed by atoms with Gasteiger partial charge >= 0.3 is 0 Å². The molecular formula is C14H21N3OS. The summed E-state index contributed by atoms with van der Waals surface area (Å²) in [4.78, 5) is 21.5. The van der Waals surface area contributed by atoms with Gasteiger partial charge in [0.2, 0.25) is 0 Å². The lowest BCUT2D eigenvalue weighted by molar-refractivity contribution is -0.109. The number of aldehydes is 1. The minimum atomic E-state index is 0.554. The van der Waals surface area contributed by atoms with Crippen molar-refractivity contribution in [2.45, 2.75) is 38.8 Å². The van der Waals surface area contributed by atoms with Crippen molar-refractivity contribution in [2.75, 3.05) is 26.2 Å². The van der Waals surface area contributed by atoms with Gasteiger partial charge in [0.15, 0.2) is 0 Å². The summed E-state index contributed by atoms with van der Waals surface area (Å²) in [6.07, 6.45) is 6.04. The molecule has 4 nitrogen and oxygen atoms in total. The average Bonchev–Trinajstić information content (AvgIpc) is 2.82. The molecule has 3 rings (SSSR count). The molecule has 2 aliphatic rings. The van der Waals surface area contributed by atoms with E-state index in [9.17, 15) is 4.79 Å². The van der Waals surface area contributed by atoms with Crippen LogP contribution in [0.15, 0.2) is 0 Å². The van der Waals surface area contributed by atoms with Crippen LogP contribution in [0.25, 0.3) is 0 Å². The minimum Gasteiger partial charge on any atom is -0.302 e. The van der Waals surface area contributed by atoms with Crippen molar-refractivity contribution in [3.05, 3.63) is 15.6 Å². The fourth-order valence-electron chi connectivity index (χ4n) is 2.94. The molecule has 1 aromatic rings. The highest BCUT2D eigenvalue weighted by Crippen LogP contribution is 2.26. The summed E-state index contributed by atoms with van der Waals surface area (Å²) in [6, 6.07) is 0. The lowest BCUT2D eigenvalue weighted by Gasteiger charge is -2.25. The molecule has 0 saturated carbocycles. The number of hydrogen-bond acceptors (Lipinski definition) is 5. The number of thiazole rings is 1. The standard InChI is InChI=1S/C14H21N3OS/c18-9-8-17-7-4-12-13(10-17)19-14(15-12)11-16-5-2-1-3-6-16/h9H,1-8,10-11H2. The first kappa shape index (κ1) is 13.2. The van der Waals surface area contributed by atoms with Gasteiger partial charge in [-0.2, -0.15) is 0 Å². The van der Waals surface area contributed by atoms with Gasteiger partial charge in [-0.05, 0) is 25.9 Å². The highest BCUT2D eigenvalue weighted by Gasteiger charge is 2.21. The first-order valence-electron chi connectivity index (χ1n) is 7.21. The van der Waals surface area contributed by atoms with Crippen molar-refractivity contribution in [3.63, 3.8) is 0 Å². The summed E-state index contributed by atoms with van der Waals surface area (Å²) in [7, 11) is 0. The number of nitrogens with zero attached hydrogens (tertiary/aromatic N) is 3. The van der Waals surface area contributed by atoms with Crippen molar-refractivity contribution in [1.82, 2.24) is 14.8 Å². The van der Waals surface area contributed by atoms with Gasteiger partial charge in [-0.1, -0.05) is 6.42 Å². The molecule has 104 valence electrons. The van der Waals surface area contributed by atoms with Gasteiger partial charge in [0.25, 0.3) is 0 Å². The van der Waals surface area contributed by atoms with Crippen LogP contribution < -0.4 is 0 Å². The van der Waals surface area contributed by atoms with Crippen molar-refractivity contribution in [1.29, 1.82) is 0 Å². The smallest absolute Gasteiger partial charge is 0.133 e. The van der Waals surface area contributed by atoms with Gasteiger partial charge < -0.3 is 4.79 Å². The predicted molar refractivity (Wildman–Crippen MR) is 76.3 cm³/mol. The average molecular weight is 279 g/mol. The highest BCUT2D eigenvalue weighted by molar-refractivity contribution is 7.11. The molecule has 0 amide bonds. The summed E-state index contributed by atoms with van der Waals surface area (Å²) in [5.41, 5.74) is 1.28. The summed E-state index contributed by atoms with van der Waals surface area (Å²) in [5.74, 6) is 0. The number of likely N-dealkylation sites (tertiary alicyclic amines) is 1. The molecule has 1 saturated heterocycles. The van der Waals surface area contributed by atoms with Crippen LogP contribution in [-0.4, -0.2) is 47.2 Å². The number of aromatic nitrogens is 1. The first-order chi connectivity index (χ1) is 9.35. The van der Waals surface area contributed by atoms with Crippen LogP contribution in [-0.2, 0) is 24.3 Å². The predicted octanol–water partition coefficient (Wildman–Crippen LogP) is 1.69. The summed E-state index contributed by atoms with van der Waals surface area (Å²) >= 11 is 1.85. The largest absolute Gasteiger partial charge is 0.302 e. The third-order valence-corrected chi connectivity index (χ3v) is 5.06. The van der Waals surface area contributed by atoms with Gasteiger partial charge in [0, 0.05) is 24.4 Å². The number of fused-ring (bicyclic) bond motifs is 1. The highest BCUT2D eigenvalue weighted by atomic mass is 32.1. The second kappa shape index (κ2) is 6.11. The molecule has 5 heteroatoms. The molecule has 0 aliphatic carbocycles. The molecule has 0 bridgehead atoms. The molecule has 19 heavy (non-hydrogen) atoms. The molecule has 3 heterocycles. The minimum absolute atomic E-state index is 0.554. The number of carbonyl (C=O) groups excluding carboxylic acids is 1. The molecular weight excluding hydrogens is 258 g/mol. The fourth-order valence-corrected chi connectivity index (χ4v) is 4.14. The van der Waals surface area contributed by atoms with E-state index >= 15 is 0 Å². The lowest BCUT2D eigenvalue weighted by Crippen LogP contribution is -2.31. The van der Waals surface area contributed by atoms with Crippen LogP contribution in [0.3, 0.4) is 0 Å². The Morgan fingerprint density at radius 2 is 2.00 bits per heavy atom. The Kier molecular flexibility index (Phi) is 4.25. The second-order valence-corrected chi connectivity index (χ2v) is 6.63. The Morgan fingerprint density at radius 1 is 1.16 bits per heavy atom. The second-order valence-electron chi connectivity index (χ2n) is 5.47. The number of hydrogen-bond donors (Lipinski definition) is 0. The number of piperidine rings is 1. The van der Waals surface area contributed by atoms with E-state index in [1.165, 1.54) is 47.9 Å². The van der Waals surface area contributed by atoms with Crippen LogP contribution in [0.2, 0.25) is 0 Å². The van der Waals surface area contributed by atoms with Crippen molar-refractivity contribution >= 4 is 17.6 Å². The van der Waals surface area contributed by atoms with E-state index in [-0.39, 0.29) is 0 Å². The van der Waals surface area contributed by atoms with E-state index in [4.69, 9.17) is 4.98 Å². The third kappa shape index (κ3) is 3.22. The van der Waals surface area contributed by atoms with E-state index in [1.54, 1.807) is 0 Å². The Labute approximate surface area is 118 Å². The Hall–Kier alpha value is -0.780. The molecule has 0 radical (unpaired) electrons. The van der Waals surface area contributed by atoms with Gasteiger partial charge in [-0.3, -0.25) is 9.80 Å². The topological polar surface area (TPSA) is 36.4 Å². The fraction of sp³-hybridized carbons (Fsp3) is 0.714. The molecule has 2 aliphatic heterocycles. The quantitative estimate of drug-likeness (QED) is 0.786. The summed E-state index contributed by atoms with van der Waals surface area (Å²) in [5, 5.41) is 1.26. The normalized spacial score (nSPS) is 21.3. The van der Waals surface area contributed by atoms with E-state index < -0.39 is 0 Å². The Morgan fingerprint density at radius 3 is 2.79 bits per heavy atom. The Balaban J connectivity index is 1.63. The SMILES string of the molecule is O=CCN1CCc2nc(CN3CCCCC3)sc2C1. The Bertz CT molecular complexity index is 440. The molecule has 0 spiro atoms. The van der Waals surface area contributed by atoms with Gasteiger partial charge in [0.05, 0.1) is 18.8 Å². The van der Waals surface area contributed by atoms with Crippen LogP contribution >= 0.6 is 11.3 Å². The van der Waals surface area contributed by atoms with E-state index in [2.05, 4.69) is 9.80 Å². The first-order valence-corrected chi connectivity index (χ1v) is 8.02. The molecule has 0 N–H and O–H groups in total. The lowest BCUT2D eigenvalue weighted by atomic mass is 10.1. The molecule has 1 fully saturated rings. The maximum atomic E-state index is 10.6. The van der Waals surface area contributed by atoms with Crippen LogP contribution in [0, 0.1) is 0 Å². The van der Waals surface area contributed by atoms with Gasteiger partial charge in [-0.25, -0.2) is 4.98 Å². The van der Waals surface area contributed by atoms with Crippen LogP contribution in [0.1, 0.15) is 34.8 Å². The van der Waals surface area contributed by atoms with Crippen molar-refractivity contribution in [2.24, 2.45) is 0 Å². The number of carbonyl (C=O) groups is 1. The van der Waals surface area contributed by atoms with E-state index in [0.29, 0.717) is 6.54 Å². The maximum absolute atomic E-state index is 10.6. The third-order valence-electron chi connectivity index (χ3n) is 3.99. The monoisotopic (exact) mass is 279 g/mol. The van der Waals surface area contributed by atoms with Crippen molar-refractivity contribution in [3.8, 4) is 0 Å². The zero-order valence-electron chi connectivity index (χ0n) is 11.3. The summed E-state index contributed by atoms with van der Waals surface area (Å²) < 4.78 is 0. The zero-order chi connectivity index (χ0) is 13.1. The maximum Gasteiger partial charge on any atom is 0.133 e. The molecule has 1 aromatic heterocycles. The van der Waals surface area contributed by atoms with Crippen LogP contribution in [0.4, 0.5) is 0 Å². The number of rotatable bonds is 4. The summed E-state index contributed by atoms with van der Waals surface area (Å²) in [6.45, 7) is 5.90. The van der Waals surface area contributed by atoms with Crippen LogP contribution in [0.5, 0.6) is 0 Å². The zero-order valence-corrected chi connectivity index (χ0v) is 12.1. The van der Waals surface area contributed by atoms with Gasteiger partial charge in [-0.15, -0.1) is 11.3 Å². The van der Waals surface area contributed by atoms with Crippen molar-refractivity contribution < 1.29 is 4.79 Å². The molecule has 0 atom stereocenters. The molecule has 0 unspecified atom stereocenters. The molecule has 0 aromatic carbocycles. The van der Waals surface area contributed by atoms with E-state index in [1.807, 2.05) is 11.3 Å².